The first-order valence-electron chi connectivity index (χ1n) is 6.13. The van der Waals surface area contributed by atoms with Gasteiger partial charge in [0.1, 0.15) is 17.3 Å². The lowest BCUT2D eigenvalue weighted by molar-refractivity contribution is 0.465. The Bertz CT molecular complexity index is 619. The highest BCUT2D eigenvalue weighted by Crippen LogP contribution is 2.35. The number of para-hydroxylation sites is 1. The molecule has 5 heteroatoms. The summed E-state index contributed by atoms with van der Waals surface area (Å²) in [5.41, 5.74) is 6.79. The maximum atomic E-state index is 13.5. The minimum Gasteiger partial charge on any atom is -0.456 e. The van der Waals surface area contributed by atoms with Gasteiger partial charge in [-0.05, 0) is 47.0 Å². The van der Waals surface area contributed by atoms with Gasteiger partial charge in [0.15, 0.2) is 0 Å². The first-order chi connectivity index (χ1) is 9.47. The highest BCUT2D eigenvalue weighted by Gasteiger charge is 2.11. The molecule has 0 aliphatic rings. The van der Waals surface area contributed by atoms with E-state index in [-0.39, 0.29) is 11.1 Å². The summed E-state index contributed by atoms with van der Waals surface area (Å²) in [5.74, 6) is 0.519. The summed E-state index contributed by atoms with van der Waals surface area (Å²) in [6.07, 6.45) is 0.684. The van der Waals surface area contributed by atoms with Gasteiger partial charge in [-0.2, -0.15) is 0 Å². The van der Waals surface area contributed by atoms with Crippen LogP contribution in [0.2, 0.25) is 5.02 Å². The Morgan fingerprint density at radius 1 is 1.30 bits per heavy atom. The molecule has 2 N–H and O–H groups in total. The number of hydrogen-bond acceptors (Lipinski definition) is 2. The van der Waals surface area contributed by atoms with E-state index in [1.165, 1.54) is 12.1 Å². The Morgan fingerprint density at radius 2 is 2.00 bits per heavy atom. The van der Waals surface area contributed by atoms with Crippen LogP contribution >= 0.6 is 27.5 Å². The number of benzene rings is 2. The smallest absolute Gasteiger partial charge is 0.145 e. The van der Waals surface area contributed by atoms with Crippen LogP contribution in [0.25, 0.3) is 0 Å². The summed E-state index contributed by atoms with van der Waals surface area (Å²) < 4.78 is 19.9. The summed E-state index contributed by atoms with van der Waals surface area (Å²) >= 11 is 9.03. The van der Waals surface area contributed by atoms with Crippen LogP contribution in [0, 0.1) is 5.82 Å². The van der Waals surface area contributed by atoms with Crippen LogP contribution in [-0.2, 0) is 6.42 Å². The third-order valence-corrected chi connectivity index (χ3v) is 3.62. The van der Waals surface area contributed by atoms with Gasteiger partial charge in [0, 0.05) is 12.1 Å². The molecule has 0 aromatic heterocycles. The van der Waals surface area contributed by atoms with Crippen LogP contribution in [0.1, 0.15) is 12.5 Å². The summed E-state index contributed by atoms with van der Waals surface area (Å²) in [6, 6.07) is 10.3. The SMILES string of the molecule is CC(N)Cc1ccccc1Oc1cc(F)c(Cl)cc1Br. The van der Waals surface area contributed by atoms with E-state index in [1.54, 1.807) is 0 Å². The van der Waals surface area contributed by atoms with Gasteiger partial charge in [-0.3, -0.25) is 0 Å². The van der Waals surface area contributed by atoms with Crippen molar-refractivity contribution < 1.29 is 9.13 Å². The number of halogens is 3. The van der Waals surface area contributed by atoms with Gasteiger partial charge in [-0.15, -0.1) is 0 Å². The molecule has 0 saturated carbocycles. The predicted octanol–water partition coefficient (Wildman–Crippen LogP) is 4.92. The van der Waals surface area contributed by atoms with E-state index in [4.69, 9.17) is 22.1 Å². The van der Waals surface area contributed by atoms with Gasteiger partial charge in [0.2, 0.25) is 0 Å². The minimum absolute atomic E-state index is 0.0187. The van der Waals surface area contributed by atoms with E-state index in [0.29, 0.717) is 22.4 Å². The van der Waals surface area contributed by atoms with Crippen molar-refractivity contribution in [2.45, 2.75) is 19.4 Å². The second-order valence-corrected chi connectivity index (χ2v) is 5.85. The van der Waals surface area contributed by atoms with Gasteiger partial charge >= 0.3 is 0 Å². The van der Waals surface area contributed by atoms with Crippen molar-refractivity contribution in [2.24, 2.45) is 5.73 Å². The molecule has 0 radical (unpaired) electrons. The number of rotatable bonds is 4. The topological polar surface area (TPSA) is 35.2 Å². The monoisotopic (exact) mass is 357 g/mol. The Labute approximate surface area is 130 Å². The molecule has 0 heterocycles. The molecule has 106 valence electrons. The Hall–Kier alpha value is -1.10. The van der Waals surface area contributed by atoms with Crippen LogP contribution in [0.4, 0.5) is 4.39 Å². The molecule has 0 aliphatic heterocycles. The van der Waals surface area contributed by atoms with Crippen molar-refractivity contribution in [1.29, 1.82) is 0 Å². The third-order valence-electron chi connectivity index (χ3n) is 2.71. The standard InChI is InChI=1S/C15H14BrClFNO/c1-9(19)6-10-4-2-3-5-14(10)20-15-8-13(18)12(17)7-11(15)16/h2-5,7-9H,6,19H2,1H3. The Morgan fingerprint density at radius 3 is 2.70 bits per heavy atom. The van der Waals surface area contributed by atoms with E-state index < -0.39 is 5.82 Å². The van der Waals surface area contributed by atoms with Gasteiger partial charge in [-0.25, -0.2) is 4.39 Å². The molecule has 0 fully saturated rings. The second kappa shape index (κ2) is 6.57. The molecular formula is C15H14BrClFNO. The summed E-state index contributed by atoms with van der Waals surface area (Å²) in [5, 5.41) is 0.0492. The molecule has 1 atom stereocenters. The maximum Gasteiger partial charge on any atom is 0.145 e. The van der Waals surface area contributed by atoms with Crippen molar-refractivity contribution in [3.05, 3.63) is 57.3 Å². The predicted molar refractivity (Wildman–Crippen MR) is 83.0 cm³/mol. The molecule has 1 unspecified atom stereocenters. The second-order valence-electron chi connectivity index (χ2n) is 4.59. The van der Waals surface area contributed by atoms with Crippen molar-refractivity contribution in [3.63, 3.8) is 0 Å². The zero-order valence-electron chi connectivity index (χ0n) is 10.9. The number of ether oxygens (including phenoxy) is 1. The fourth-order valence-corrected chi connectivity index (χ4v) is 2.54. The number of nitrogens with two attached hydrogens (primary N) is 1. The molecule has 0 bridgehead atoms. The molecule has 2 aromatic carbocycles. The average Bonchev–Trinajstić information content (AvgIpc) is 2.37. The molecule has 0 spiro atoms. The molecule has 2 nitrogen and oxygen atoms in total. The zero-order chi connectivity index (χ0) is 14.7. The molecule has 20 heavy (non-hydrogen) atoms. The van der Waals surface area contributed by atoms with Crippen LogP contribution < -0.4 is 10.5 Å². The third kappa shape index (κ3) is 3.72. The Kier molecular flexibility index (Phi) is 5.02. The van der Waals surface area contributed by atoms with Crippen LogP contribution in [0.15, 0.2) is 40.9 Å². The summed E-state index contributed by atoms with van der Waals surface area (Å²) in [6.45, 7) is 1.93. The van der Waals surface area contributed by atoms with E-state index in [2.05, 4.69) is 15.9 Å². The van der Waals surface area contributed by atoms with Crippen molar-refractivity contribution in [1.82, 2.24) is 0 Å². The van der Waals surface area contributed by atoms with Gasteiger partial charge in [-0.1, -0.05) is 29.8 Å². The highest BCUT2D eigenvalue weighted by molar-refractivity contribution is 9.10. The summed E-state index contributed by atoms with van der Waals surface area (Å²) in [7, 11) is 0. The summed E-state index contributed by atoms with van der Waals surface area (Å²) in [4.78, 5) is 0. The Balaban J connectivity index is 2.33. The molecule has 2 aromatic rings. The van der Waals surface area contributed by atoms with Crippen molar-refractivity contribution in [3.8, 4) is 11.5 Å². The minimum atomic E-state index is -0.519. The lowest BCUT2D eigenvalue weighted by atomic mass is 10.1. The van der Waals surface area contributed by atoms with E-state index >= 15 is 0 Å². The maximum absolute atomic E-state index is 13.5. The fraction of sp³-hybridized carbons (Fsp3) is 0.200. The number of hydrogen-bond donors (Lipinski definition) is 1. The zero-order valence-corrected chi connectivity index (χ0v) is 13.2. The largest absolute Gasteiger partial charge is 0.456 e. The molecule has 0 saturated heterocycles. The fourth-order valence-electron chi connectivity index (χ4n) is 1.82. The van der Waals surface area contributed by atoms with E-state index in [0.717, 1.165) is 5.56 Å². The van der Waals surface area contributed by atoms with E-state index in [9.17, 15) is 4.39 Å². The first kappa shape index (κ1) is 15.3. The van der Waals surface area contributed by atoms with Crippen molar-refractivity contribution in [2.75, 3.05) is 0 Å². The van der Waals surface area contributed by atoms with Crippen molar-refractivity contribution >= 4 is 27.5 Å². The van der Waals surface area contributed by atoms with Gasteiger partial charge in [0.25, 0.3) is 0 Å². The quantitative estimate of drug-likeness (QED) is 0.787. The average molecular weight is 359 g/mol. The molecular weight excluding hydrogens is 345 g/mol. The highest BCUT2D eigenvalue weighted by atomic mass is 79.9. The van der Waals surface area contributed by atoms with E-state index in [1.807, 2.05) is 31.2 Å². The first-order valence-corrected chi connectivity index (χ1v) is 7.30. The van der Waals surface area contributed by atoms with Crippen LogP contribution in [0.5, 0.6) is 11.5 Å². The molecule has 0 aliphatic carbocycles. The molecule has 0 amide bonds. The molecule has 2 rings (SSSR count). The van der Waals surface area contributed by atoms with Crippen LogP contribution in [-0.4, -0.2) is 6.04 Å². The normalized spacial score (nSPS) is 12.2. The van der Waals surface area contributed by atoms with Gasteiger partial charge < -0.3 is 10.5 Å². The van der Waals surface area contributed by atoms with Crippen LogP contribution in [0.3, 0.4) is 0 Å². The lowest BCUT2D eigenvalue weighted by Crippen LogP contribution is -2.18. The lowest BCUT2D eigenvalue weighted by Gasteiger charge is -2.14. The van der Waals surface area contributed by atoms with Gasteiger partial charge in [0.05, 0.1) is 9.50 Å².